The van der Waals surface area contributed by atoms with E-state index in [1.54, 1.807) is 81.3 Å². The minimum absolute atomic E-state index is 0.0130. The Bertz CT molecular complexity index is 3210. The third-order valence-electron chi connectivity index (χ3n) is 15.1. The molecule has 36 heteroatoms. The molecule has 0 bridgehead atoms. The van der Waals surface area contributed by atoms with Crippen molar-refractivity contribution in [2.24, 2.45) is 0 Å². The van der Waals surface area contributed by atoms with Gasteiger partial charge in [0.2, 0.25) is 5.69 Å². The molecule has 4 atom stereocenters. The van der Waals surface area contributed by atoms with Gasteiger partial charge in [0.15, 0.2) is 5.71 Å². The number of ether oxygens (including phenoxy) is 2. The zero-order chi connectivity index (χ0) is 71.2. The van der Waals surface area contributed by atoms with Crippen LogP contribution in [0.25, 0.3) is 0 Å². The van der Waals surface area contributed by atoms with E-state index in [0.29, 0.717) is 74.4 Å². The number of nitrogens with one attached hydrogen (secondary N) is 2. The maximum Gasteiger partial charge on any atom is 0.471 e. The van der Waals surface area contributed by atoms with E-state index in [-0.39, 0.29) is 108 Å². The fourth-order valence-corrected chi connectivity index (χ4v) is 15.1. The Hall–Kier alpha value is -4.22. The number of halogens is 7. The summed E-state index contributed by atoms with van der Waals surface area (Å²) in [5.74, 6) is -5.87. The molecule has 0 spiro atoms. The highest BCUT2D eigenvalue weighted by Crippen LogP contribution is 2.54. The molecular weight excluding hydrogens is 1400 g/mol. The molecule has 4 rings (SSSR count). The van der Waals surface area contributed by atoms with E-state index >= 15 is 0 Å². The fraction of sp³-hybridized carbons (Fsp3) is 0.617. The number of hydrogen-bond acceptors (Lipinski definition) is 20. The van der Waals surface area contributed by atoms with E-state index in [4.69, 9.17) is 32.8 Å². The van der Waals surface area contributed by atoms with Crippen molar-refractivity contribution in [1.82, 2.24) is 10.6 Å². The Balaban J connectivity index is 1.64. The van der Waals surface area contributed by atoms with Crippen molar-refractivity contribution >= 4 is 106 Å². The quantitative estimate of drug-likeness (QED) is 0.00457. The molecule has 2 aliphatic heterocycles. The molecular formula is C60H88F7N4O19P4S2+. The number of unbranched alkanes of at least 4 members (excludes halogenated alkanes) is 8. The van der Waals surface area contributed by atoms with Gasteiger partial charge in [-0.25, -0.2) is 5.26 Å². The lowest BCUT2D eigenvalue weighted by molar-refractivity contribution is -0.438. The van der Waals surface area contributed by atoms with E-state index in [1.165, 1.54) is 0 Å². The number of carbonyl (C=O) groups is 4. The normalized spacial score (nSPS) is 16.6. The molecule has 2 amide bonds. The second-order valence-electron chi connectivity index (χ2n) is 23.1. The van der Waals surface area contributed by atoms with Crippen LogP contribution in [0.4, 0.5) is 41.9 Å². The highest BCUT2D eigenvalue weighted by atomic mass is 32.2. The van der Waals surface area contributed by atoms with Crippen molar-refractivity contribution in [3.05, 3.63) is 83.6 Å². The first kappa shape index (κ1) is 84.2. The van der Waals surface area contributed by atoms with Gasteiger partial charge >= 0.3 is 51.3 Å². The van der Waals surface area contributed by atoms with Gasteiger partial charge in [-0.1, -0.05) is 56.4 Å². The van der Waals surface area contributed by atoms with Crippen LogP contribution in [0.3, 0.4) is 0 Å². The zero-order valence-corrected chi connectivity index (χ0v) is 59.7. The second kappa shape index (κ2) is 40.9. The summed E-state index contributed by atoms with van der Waals surface area (Å²) in [7, 11) is -11.8. The molecule has 2 aromatic carbocycles. The number of nitrogens with zero attached hydrogens (tertiary/aromatic N) is 2. The number of fused-ring (bicyclic) bond motifs is 2. The van der Waals surface area contributed by atoms with Crippen LogP contribution in [0.2, 0.25) is 0 Å². The Kier molecular flexibility index (Phi) is 35.9. The van der Waals surface area contributed by atoms with Crippen molar-refractivity contribution in [3.8, 4) is 0 Å². The van der Waals surface area contributed by atoms with Crippen LogP contribution in [-0.2, 0) is 90.7 Å². The van der Waals surface area contributed by atoms with Gasteiger partial charge in [0.1, 0.15) is 6.54 Å². The number of esters is 1. The highest BCUT2D eigenvalue weighted by Gasteiger charge is 2.47. The molecule has 0 aromatic heterocycles. The van der Waals surface area contributed by atoms with Crippen molar-refractivity contribution < 1.29 is 123 Å². The number of amides is 2. The van der Waals surface area contributed by atoms with Crippen LogP contribution in [0, 0.1) is 0 Å². The third kappa shape index (κ3) is 28.1. The monoisotopic (exact) mass is 1490 g/mol. The number of benzene rings is 2. The van der Waals surface area contributed by atoms with E-state index in [2.05, 4.69) is 18.5 Å². The summed E-state index contributed by atoms with van der Waals surface area (Å²) in [6, 6.07) is 10.1. The lowest BCUT2D eigenvalue weighted by atomic mass is 9.81. The summed E-state index contributed by atoms with van der Waals surface area (Å²) in [6.45, 7) is 7.87. The minimum atomic E-state index is -5.07. The molecule has 0 radical (unpaired) electrons. The Morgan fingerprint density at radius 1 is 0.688 bits per heavy atom. The molecule has 2 heterocycles. The molecule has 0 aliphatic carbocycles. The maximum atomic E-state index is 15.0. The van der Waals surface area contributed by atoms with Crippen molar-refractivity contribution in [2.75, 3.05) is 89.3 Å². The Labute approximate surface area is 563 Å². The number of rotatable bonds is 47. The van der Waals surface area contributed by atoms with Gasteiger partial charge < -0.3 is 47.6 Å². The van der Waals surface area contributed by atoms with Gasteiger partial charge in [-0.2, -0.15) is 43.5 Å². The number of methoxy groups -OCH3 is 1. The predicted octanol–water partition coefficient (Wildman–Crippen LogP) is 12.9. The molecule has 542 valence electrons. The predicted molar refractivity (Wildman–Crippen MR) is 353 cm³/mol. The summed E-state index contributed by atoms with van der Waals surface area (Å²) < 4.78 is 199. The SMILES string of the molecule is COCCCCCCOP(=O)(OCCCCNC(=O)C(F)(F)F)c1ccc2c(c1)C(C)(C)/C(=C/C=C/C=C/C1=[N+](CCCSOOO)c3ccc(P(=O)(OCCCCCCOC(=O)CCC(=O)OP(F)P)OCCCCNC(=O)C(F)(F)F)cc3C1(C)C)N2CCCS(=O)(=O)O. The van der Waals surface area contributed by atoms with E-state index in [9.17, 15) is 71.8 Å². The number of anilines is 1. The Morgan fingerprint density at radius 2 is 1.20 bits per heavy atom. The smallest absolute Gasteiger partial charge is 0.466 e. The van der Waals surface area contributed by atoms with E-state index in [0.717, 1.165) is 48.3 Å². The van der Waals surface area contributed by atoms with E-state index in [1.807, 2.05) is 44.7 Å². The molecule has 2 aliphatic rings. The molecule has 0 saturated heterocycles. The van der Waals surface area contributed by atoms with Crippen molar-refractivity contribution in [1.29, 1.82) is 0 Å². The molecule has 2 aromatic rings. The third-order valence-corrected chi connectivity index (χ3v) is 21.1. The lowest BCUT2D eigenvalue weighted by Gasteiger charge is -2.27. The van der Waals surface area contributed by atoms with Crippen molar-refractivity contribution in [3.63, 3.8) is 0 Å². The van der Waals surface area contributed by atoms with Crippen LogP contribution < -0.4 is 26.1 Å². The fourth-order valence-electron chi connectivity index (χ4n) is 10.3. The van der Waals surface area contributed by atoms with Crippen LogP contribution in [0.1, 0.15) is 142 Å². The molecule has 0 saturated carbocycles. The first-order chi connectivity index (χ1) is 45.2. The molecule has 0 fully saturated rings. The number of alkyl halides is 6. The zero-order valence-electron chi connectivity index (χ0n) is 54.3. The molecule has 23 nitrogen and oxygen atoms in total. The van der Waals surface area contributed by atoms with Crippen LogP contribution in [0.15, 0.2) is 72.5 Å². The highest BCUT2D eigenvalue weighted by molar-refractivity contribution is 8.08. The summed E-state index contributed by atoms with van der Waals surface area (Å²) >= 11 is 0.871. The standard InChI is InChI=1S/C60H87F7N4O19P4S2/c1-57(2)47-43-45(93(77,86-39-19-13-31-68-55(74)59(61,62)63)85-38-18-9-7-16-36-83-53(72)29-30-54(73)88-92(67)91)25-27-49(47)70(33-21-41-95-90-89-76)51(57)23-11-10-12-24-52-58(3,4)48-44-46(26-28-50(48)71(52)34-22-42-96(79,80)81)94(78,84-37-17-8-6-15-35-82-5)87-40-20-14-32-69-56(75)60(64,65)66/h10-12,23-28,43-44H,6-9,13-22,29-42,91H2,1-5H3,(H3-,68,69,74,75,76,79,80,81)/p+1. The molecule has 4 N–H and O–H groups in total. The average Bonchev–Trinajstić information content (AvgIpc) is 1.59. The van der Waals surface area contributed by atoms with Gasteiger partial charge in [-0.15, -0.1) is 4.33 Å². The summed E-state index contributed by atoms with van der Waals surface area (Å²) in [4.78, 5) is 48.3. The number of carbonyl (C=O) groups excluding carboxylic acids is 4. The average molecular weight is 1490 g/mol. The van der Waals surface area contributed by atoms with Gasteiger partial charge in [0, 0.05) is 92.1 Å². The van der Waals surface area contributed by atoms with Gasteiger partial charge in [-0.05, 0) is 129 Å². The number of allylic oxidation sites excluding steroid dienone is 6. The summed E-state index contributed by atoms with van der Waals surface area (Å²) in [6.07, 6.45) is 4.05. The minimum Gasteiger partial charge on any atom is -0.466 e. The number of hydrogen-bond donors (Lipinski definition) is 4. The first-order valence-corrected chi connectivity index (χ1v) is 39.5. The van der Waals surface area contributed by atoms with E-state index < -0.39 is 86.1 Å². The van der Waals surface area contributed by atoms with Gasteiger partial charge in [-0.3, -0.25) is 32.9 Å². The van der Waals surface area contributed by atoms with Gasteiger partial charge in [0.05, 0.1) is 67.7 Å². The van der Waals surface area contributed by atoms with Gasteiger partial charge in [0.25, 0.3) is 18.3 Å². The Morgan fingerprint density at radius 3 is 1.72 bits per heavy atom. The first-order valence-electron chi connectivity index (χ1n) is 31.1. The lowest BCUT2D eigenvalue weighted by Crippen LogP contribution is -2.37. The largest absolute Gasteiger partial charge is 0.471 e. The summed E-state index contributed by atoms with van der Waals surface area (Å²) in [5, 5.41) is 16.5. The summed E-state index contributed by atoms with van der Waals surface area (Å²) in [5.41, 5.74) is 2.57. The maximum absolute atomic E-state index is 15.0. The topological polar surface area (TPSA) is 290 Å². The molecule has 4 unspecified atom stereocenters. The second-order valence-corrected chi connectivity index (χ2v) is 31.5. The van der Waals surface area contributed by atoms with Crippen LogP contribution >= 0.6 is 44.3 Å². The van der Waals surface area contributed by atoms with Crippen LogP contribution in [0.5, 0.6) is 0 Å². The van der Waals surface area contributed by atoms with Crippen molar-refractivity contribution in [2.45, 2.75) is 154 Å². The molecule has 96 heavy (non-hydrogen) atoms. The van der Waals surface area contributed by atoms with Crippen LogP contribution in [-0.4, -0.2) is 149 Å².